The van der Waals surface area contributed by atoms with Crippen molar-refractivity contribution in [3.63, 3.8) is 0 Å². The summed E-state index contributed by atoms with van der Waals surface area (Å²) in [5.41, 5.74) is 4.50. The highest BCUT2D eigenvalue weighted by Gasteiger charge is 2.62. The molecule has 0 unspecified atom stereocenters. The summed E-state index contributed by atoms with van der Waals surface area (Å²) in [7, 11) is -2.66. The monoisotopic (exact) mass is 741 g/mol. The molecule has 4 heterocycles. The van der Waals surface area contributed by atoms with Gasteiger partial charge in [-0.1, -0.05) is 45.9 Å². The molecule has 2 fully saturated rings. The third-order valence-corrected chi connectivity index (χ3v) is 10.2. The molecular weight excluding hydrogens is 697 g/mol. The maximum atomic E-state index is 14.5. The number of ether oxygens (including phenoxy) is 4. The molecule has 17 nitrogen and oxygen atoms in total. The lowest BCUT2D eigenvalue weighted by molar-refractivity contribution is -0.173. The van der Waals surface area contributed by atoms with E-state index in [1.807, 2.05) is 18.0 Å². The van der Waals surface area contributed by atoms with Gasteiger partial charge >= 0.3 is 25.7 Å². The van der Waals surface area contributed by atoms with Crippen molar-refractivity contribution >= 4 is 37.0 Å². The fourth-order valence-corrected chi connectivity index (χ4v) is 7.22. The summed E-state index contributed by atoms with van der Waals surface area (Å²) >= 11 is 0. The standard InChI is InChI=1S/C34H44N7O10P/c1-20(2)31(42)48-28-27(25-12-13-26-30(36)37-19-38-41(25)26)50-34(17-35,29(28)49-32(43)21(3)4)18-46-52(45,51-23-10-8-7-9-11-23)39-22(5)33(44)47-24-14-15-40(6)16-24/h7-13,19-22,24,27-29H,14-16,18H2,1-6H3,(H,39,45)(H2,36,37,38)/t22-,24+,27-,28-,29-,34+,52-/m0/s1. The first-order valence-corrected chi connectivity index (χ1v) is 18.4. The highest BCUT2D eigenvalue weighted by Crippen LogP contribution is 2.50. The van der Waals surface area contributed by atoms with Gasteiger partial charge < -0.3 is 34.1 Å². The van der Waals surface area contributed by atoms with Gasteiger partial charge in [0.1, 0.15) is 48.5 Å². The predicted octanol–water partition coefficient (Wildman–Crippen LogP) is 3.21. The van der Waals surface area contributed by atoms with E-state index in [1.54, 1.807) is 58.0 Å². The van der Waals surface area contributed by atoms with Crippen molar-refractivity contribution < 1.29 is 46.9 Å². The number of esters is 3. The first kappa shape index (κ1) is 38.6. The van der Waals surface area contributed by atoms with Crippen LogP contribution in [0.3, 0.4) is 0 Å². The summed E-state index contributed by atoms with van der Waals surface area (Å²) in [6.07, 6.45) is -2.81. The fraction of sp³-hybridized carbons (Fsp3) is 0.529. The van der Waals surface area contributed by atoms with Crippen molar-refractivity contribution in [2.24, 2.45) is 11.8 Å². The number of nitriles is 1. The molecule has 0 amide bonds. The van der Waals surface area contributed by atoms with Gasteiger partial charge in [0.2, 0.25) is 5.60 Å². The van der Waals surface area contributed by atoms with Crippen LogP contribution < -0.4 is 15.3 Å². The number of hydrogen-bond donors (Lipinski definition) is 2. The molecular formula is C34H44N7O10P. The van der Waals surface area contributed by atoms with Gasteiger partial charge in [-0.2, -0.15) is 15.4 Å². The number of carbonyl (C=O) groups is 3. The number of aromatic nitrogens is 3. The molecule has 7 atom stereocenters. The van der Waals surface area contributed by atoms with Crippen molar-refractivity contribution in [3.8, 4) is 11.8 Å². The Hall–Kier alpha value is -4.59. The molecule has 5 rings (SSSR count). The number of likely N-dealkylation sites (N-methyl/N-ethyl adjacent to an activating group) is 1. The molecule has 52 heavy (non-hydrogen) atoms. The van der Waals surface area contributed by atoms with Crippen LogP contribution in [0.4, 0.5) is 5.82 Å². The SMILES string of the molecule is CC(C)C(=O)O[C@H]1[C@H](c2ccc3c(N)ncnn23)O[C@](C#N)(CO[P@@](=O)(N[C@@H](C)C(=O)O[C@@H]2CCN(C)C2)Oc2ccccc2)[C@H]1OC(=O)C(C)C. The molecule has 0 spiro atoms. The molecule has 2 aliphatic heterocycles. The van der Waals surface area contributed by atoms with Crippen molar-refractivity contribution in [3.05, 3.63) is 54.5 Å². The molecule has 2 aromatic heterocycles. The van der Waals surface area contributed by atoms with Crippen LogP contribution in [0.2, 0.25) is 0 Å². The number of nitrogens with two attached hydrogens (primary N) is 1. The van der Waals surface area contributed by atoms with E-state index >= 15 is 0 Å². The molecule has 2 aliphatic rings. The zero-order chi connectivity index (χ0) is 37.8. The number of para-hydroxylation sites is 1. The Morgan fingerprint density at radius 3 is 2.38 bits per heavy atom. The van der Waals surface area contributed by atoms with Gasteiger partial charge in [0.15, 0.2) is 18.0 Å². The lowest BCUT2D eigenvalue weighted by atomic mass is 9.95. The largest absolute Gasteiger partial charge is 0.460 e. The Bertz CT molecular complexity index is 1850. The summed E-state index contributed by atoms with van der Waals surface area (Å²) in [6.45, 7) is 8.30. The third kappa shape index (κ3) is 8.54. The van der Waals surface area contributed by atoms with Gasteiger partial charge in [0.25, 0.3) is 0 Å². The average molecular weight is 742 g/mol. The summed E-state index contributed by atoms with van der Waals surface area (Å²) in [5.74, 6) is -3.12. The van der Waals surface area contributed by atoms with Crippen LogP contribution in [0.25, 0.3) is 5.52 Å². The minimum Gasteiger partial charge on any atom is -0.460 e. The van der Waals surface area contributed by atoms with E-state index in [2.05, 4.69) is 15.2 Å². The molecule has 3 aromatic rings. The number of benzene rings is 1. The van der Waals surface area contributed by atoms with Crippen molar-refractivity contribution in [1.82, 2.24) is 24.6 Å². The van der Waals surface area contributed by atoms with E-state index in [4.69, 9.17) is 33.7 Å². The maximum absolute atomic E-state index is 14.5. The van der Waals surface area contributed by atoms with E-state index in [0.29, 0.717) is 18.5 Å². The summed E-state index contributed by atoms with van der Waals surface area (Å²) < 4.78 is 51.5. The number of nitrogens with one attached hydrogen (secondary N) is 1. The molecule has 0 bridgehead atoms. The zero-order valence-corrected chi connectivity index (χ0v) is 30.7. The Kier molecular flexibility index (Phi) is 11.9. The van der Waals surface area contributed by atoms with Crippen molar-refractivity contribution in [2.75, 3.05) is 32.5 Å². The van der Waals surface area contributed by atoms with Gasteiger partial charge in [-0.05, 0) is 44.7 Å². The molecule has 280 valence electrons. The smallest absolute Gasteiger partial charge is 0.459 e. The quantitative estimate of drug-likeness (QED) is 0.138. The molecule has 0 radical (unpaired) electrons. The van der Waals surface area contributed by atoms with Crippen molar-refractivity contribution in [1.29, 1.82) is 5.26 Å². The Labute approximate surface area is 301 Å². The second kappa shape index (κ2) is 16.0. The van der Waals surface area contributed by atoms with Gasteiger partial charge in [-0.15, -0.1) is 0 Å². The maximum Gasteiger partial charge on any atom is 0.459 e. The van der Waals surface area contributed by atoms with Gasteiger partial charge in [0, 0.05) is 13.1 Å². The van der Waals surface area contributed by atoms with Gasteiger partial charge in [-0.3, -0.25) is 18.9 Å². The molecule has 1 aromatic carbocycles. The van der Waals surface area contributed by atoms with E-state index in [9.17, 15) is 24.2 Å². The summed E-state index contributed by atoms with van der Waals surface area (Å²) in [5, 5.41) is 17.7. The number of fused-ring (bicyclic) bond motifs is 1. The third-order valence-electron chi connectivity index (χ3n) is 8.58. The first-order valence-electron chi connectivity index (χ1n) is 16.9. The fourth-order valence-electron chi connectivity index (χ4n) is 5.70. The topological polar surface area (TPSA) is 219 Å². The minimum absolute atomic E-state index is 0.121. The van der Waals surface area contributed by atoms with E-state index in [1.165, 1.54) is 29.9 Å². The van der Waals surface area contributed by atoms with E-state index < -0.39 is 74.1 Å². The van der Waals surface area contributed by atoms with Crippen LogP contribution in [0.1, 0.15) is 52.8 Å². The number of rotatable bonds is 14. The number of likely N-dealkylation sites (tertiary alicyclic amines) is 1. The number of nitrogens with zero attached hydrogens (tertiary/aromatic N) is 5. The summed E-state index contributed by atoms with van der Waals surface area (Å²) in [4.78, 5) is 45.5. The number of carbonyl (C=O) groups excluding carboxylic acids is 3. The van der Waals surface area contributed by atoms with E-state index in [0.717, 1.165) is 6.54 Å². The van der Waals surface area contributed by atoms with Gasteiger partial charge in [-0.25, -0.2) is 14.1 Å². The van der Waals surface area contributed by atoms with Crippen LogP contribution in [0, 0.1) is 23.2 Å². The molecule has 3 N–H and O–H groups in total. The van der Waals surface area contributed by atoms with E-state index in [-0.39, 0.29) is 23.4 Å². The highest BCUT2D eigenvalue weighted by molar-refractivity contribution is 7.52. The second-order valence-corrected chi connectivity index (χ2v) is 15.1. The second-order valence-electron chi connectivity index (χ2n) is 13.4. The number of nitrogen functional groups attached to an aromatic ring is 1. The molecule has 0 saturated carbocycles. The zero-order valence-electron chi connectivity index (χ0n) is 29.8. The lowest BCUT2D eigenvalue weighted by Gasteiger charge is -2.31. The molecule has 0 aliphatic carbocycles. The molecule has 2 saturated heterocycles. The molecule has 18 heteroatoms. The van der Waals surface area contributed by atoms with Crippen LogP contribution >= 0.6 is 7.75 Å². The normalized spacial score (nSPS) is 25.1. The summed E-state index contributed by atoms with van der Waals surface area (Å²) in [6, 6.07) is 12.1. The Morgan fingerprint density at radius 1 is 1.06 bits per heavy atom. The minimum atomic E-state index is -4.57. The Morgan fingerprint density at radius 2 is 1.75 bits per heavy atom. The highest BCUT2D eigenvalue weighted by atomic mass is 31.2. The van der Waals surface area contributed by atoms with Crippen LogP contribution in [0.15, 0.2) is 48.8 Å². The van der Waals surface area contributed by atoms with Crippen molar-refractivity contribution in [2.45, 2.75) is 77.1 Å². The lowest BCUT2D eigenvalue weighted by Crippen LogP contribution is -2.50. The Balaban J connectivity index is 1.52. The van der Waals surface area contributed by atoms with Crippen LogP contribution in [-0.2, 0) is 42.4 Å². The van der Waals surface area contributed by atoms with Crippen LogP contribution in [0.5, 0.6) is 5.75 Å². The van der Waals surface area contributed by atoms with Crippen LogP contribution in [-0.4, -0.2) is 94.1 Å². The first-order chi connectivity index (χ1) is 24.6. The predicted molar refractivity (Wildman–Crippen MR) is 184 cm³/mol. The number of hydrogen-bond acceptors (Lipinski definition) is 15. The van der Waals surface area contributed by atoms with Gasteiger partial charge in [0.05, 0.1) is 17.5 Å². The number of anilines is 1. The average Bonchev–Trinajstić information content (AvgIpc) is 3.80.